The van der Waals surface area contributed by atoms with Gasteiger partial charge in [0.15, 0.2) is 0 Å². The fourth-order valence-corrected chi connectivity index (χ4v) is 3.31. The van der Waals surface area contributed by atoms with Gasteiger partial charge in [0.05, 0.1) is 16.6 Å². The van der Waals surface area contributed by atoms with E-state index in [1.165, 1.54) is 11.9 Å². The monoisotopic (exact) mass is 321 g/mol. The van der Waals surface area contributed by atoms with Gasteiger partial charge in [0.2, 0.25) is 0 Å². The topological polar surface area (TPSA) is 74.8 Å². The SMILES string of the molecule is Cc1ccc2nc(C3CCCN(C(=O)c4cncnc4)C3)[nH]c2c1. The first kappa shape index (κ1) is 14.8. The average Bonchev–Trinajstić information content (AvgIpc) is 3.05. The summed E-state index contributed by atoms with van der Waals surface area (Å²) in [7, 11) is 0. The quantitative estimate of drug-likeness (QED) is 0.787. The van der Waals surface area contributed by atoms with Gasteiger partial charge < -0.3 is 9.88 Å². The van der Waals surface area contributed by atoms with Crippen LogP contribution in [0.5, 0.6) is 0 Å². The minimum atomic E-state index is -0.00717. The molecule has 1 aliphatic rings. The Kier molecular flexibility index (Phi) is 3.72. The first-order valence-electron chi connectivity index (χ1n) is 8.21. The predicted molar refractivity (Wildman–Crippen MR) is 90.7 cm³/mol. The molecule has 3 heterocycles. The number of likely N-dealkylation sites (tertiary alicyclic amines) is 1. The maximum Gasteiger partial charge on any atom is 0.257 e. The van der Waals surface area contributed by atoms with E-state index in [1.807, 2.05) is 11.0 Å². The Hall–Kier alpha value is -2.76. The van der Waals surface area contributed by atoms with Crippen molar-refractivity contribution in [3.63, 3.8) is 0 Å². The molecule has 122 valence electrons. The first-order chi connectivity index (χ1) is 11.7. The van der Waals surface area contributed by atoms with Gasteiger partial charge in [-0.15, -0.1) is 0 Å². The average molecular weight is 321 g/mol. The number of benzene rings is 1. The molecule has 1 aromatic carbocycles. The van der Waals surface area contributed by atoms with Crippen LogP contribution in [-0.2, 0) is 0 Å². The van der Waals surface area contributed by atoms with Crippen LogP contribution in [-0.4, -0.2) is 43.8 Å². The summed E-state index contributed by atoms with van der Waals surface area (Å²) in [6.07, 6.45) is 6.59. The molecule has 0 saturated carbocycles. The molecular formula is C18H19N5O. The molecule has 1 amide bonds. The zero-order valence-corrected chi connectivity index (χ0v) is 13.6. The van der Waals surface area contributed by atoms with Crippen molar-refractivity contribution in [3.8, 4) is 0 Å². The molecule has 1 N–H and O–H groups in total. The molecule has 6 heteroatoms. The van der Waals surface area contributed by atoms with Gasteiger partial charge in [-0.25, -0.2) is 15.0 Å². The number of imidazole rings is 1. The van der Waals surface area contributed by atoms with E-state index in [0.717, 1.165) is 36.2 Å². The fourth-order valence-electron chi connectivity index (χ4n) is 3.31. The lowest BCUT2D eigenvalue weighted by atomic mass is 9.97. The predicted octanol–water partition coefficient (Wildman–Crippen LogP) is 2.68. The van der Waals surface area contributed by atoms with Crippen molar-refractivity contribution in [2.45, 2.75) is 25.7 Å². The number of piperidine rings is 1. The van der Waals surface area contributed by atoms with Crippen LogP contribution in [0.25, 0.3) is 11.0 Å². The number of nitrogens with zero attached hydrogens (tertiary/aromatic N) is 4. The summed E-state index contributed by atoms with van der Waals surface area (Å²) in [4.78, 5) is 30.5. The zero-order chi connectivity index (χ0) is 16.5. The highest BCUT2D eigenvalue weighted by Gasteiger charge is 2.27. The summed E-state index contributed by atoms with van der Waals surface area (Å²) < 4.78 is 0. The second-order valence-electron chi connectivity index (χ2n) is 6.36. The van der Waals surface area contributed by atoms with Gasteiger partial charge in [-0.3, -0.25) is 4.79 Å². The van der Waals surface area contributed by atoms with E-state index in [0.29, 0.717) is 12.1 Å². The highest BCUT2D eigenvalue weighted by Crippen LogP contribution is 2.27. The minimum absolute atomic E-state index is 0.00717. The van der Waals surface area contributed by atoms with Crippen molar-refractivity contribution < 1.29 is 4.79 Å². The van der Waals surface area contributed by atoms with Gasteiger partial charge >= 0.3 is 0 Å². The fraction of sp³-hybridized carbons (Fsp3) is 0.333. The van der Waals surface area contributed by atoms with Crippen molar-refractivity contribution in [1.29, 1.82) is 0 Å². The molecule has 0 radical (unpaired) electrons. The number of aryl methyl sites for hydroxylation is 1. The Morgan fingerprint density at radius 3 is 2.96 bits per heavy atom. The number of carbonyl (C=O) groups is 1. The van der Waals surface area contributed by atoms with Crippen molar-refractivity contribution in [2.24, 2.45) is 0 Å². The number of amides is 1. The van der Waals surface area contributed by atoms with Crippen LogP contribution in [0.2, 0.25) is 0 Å². The second-order valence-corrected chi connectivity index (χ2v) is 6.36. The Morgan fingerprint density at radius 2 is 2.12 bits per heavy atom. The van der Waals surface area contributed by atoms with Crippen molar-refractivity contribution in [2.75, 3.05) is 13.1 Å². The number of aromatic nitrogens is 4. The van der Waals surface area contributed by atoms with Gasteiger partial charge in [0.25, 0.3) is 5.91 Å². The second kappa shape index (κ2) is 6.03. The van der Waals surface area contributed by atoms with Gasteiger partial charge in [0, 0.05) is 31.4 Å². The lowest BCUT2D eigenvalue weighted by Crippen LogP contribution is -2.39. The number of aromatic amines is 1. The Bertz CT molecular complexity index is 874. The van der Waals surface area contributed by atoms with E-state index in [-0.39, 0.29) is 11.8 Å². The number of nitrogens with one attached hydrogen (secondary N) is 1. The number of rotatable bonds is 2. The molecule has 0 spiro atoms. The molecule has 1 fully saturated rings. The minimum Gasteiger partial charge on any atom is -0.342 e. The van der Waals surface area contributed by atoms with Crippen LogP contribution >= 0.6 is 0 Å². The Morgan fingerprint density at radius 1 is 1.29 bits per heavy atom. The van der Waals surface area contributed by atoms with E-state index in [4.69, 9.17) is 4.98 Å². The van der Waals surface area contributed by atoms with Crippen LogP contribution in [0.3, 0.4) is 0 Å². The summed E-state index contributed by atoms with van der Waals surface area (Å²) in [5.74, 6) is 1.20. The zero-order valence-electron chi connectivity index (χ0n) is 13.6. The van der Waals surface area contributed by atoms with Crippen LogP contribution < -0.4 is 0 Å². The molecular weight excluding hydrogens is 302 g/mol. The van der Waals surface area contributed by atoms with E-state index < -0.39 is 0 Å². The van der Waals surface area contributed by atoms with E-state index >= 15 is 0 Å². The maximum atomic E-state index is 12.6. The largest absolute Gasteiger partial charge is 0.342 e. The van der Waals surface area contributed by atoms with Gasteiger partial charge in [-0.05, 0) is 37.5 Å². The molecule has 1 saturated heterocycles. The molecule has 0 bridgehead atoms. The summed E-state index contributed by atoms with van der Waals surface area (Å²) in [6.45, 7) is 3.51. The molecule has 1 aliphatic heterocycles. The number of hydrogen-bond acceptors (Lipinski definition) is 4. The molecule has 1 unspecified atom stereocenters. The third-order valence-corrected chi connectivity index (χ3v) is 4.56. The Balaban J connectivity index is 1.56. The normalized spacial score (nSPS) is 18.0. The third kappa shape index (κ3) is 2.75. The van der Waals surface area contributed by atoms with Crippen LogP contribution in [0.4, 0.5) is 0 Å². The summed E-state index contributed by atoms with van der Waals surface area (Å²) in [5, 5.41) is 0. The molecule has 0 aliphatic carbocycles. The van der Waals surface area contributed by atoms with E-state index in [9.17, 15) is 4.79 Å². The maximum absolute atomic E-state index is 12.6. The summed E-state index contributed by atoms with van der Waals surface area (Å²) in [6, 6.07) is 6.22. The third-order valence-electron chi connectivity index (χ3n) is 4.56. The van der Waals surface area contributed by atoms with Crippen LogP contribution in [0, 0.1) is 6.92 Å². The lowest BCUT2D eigenvalue weighted by Gasteiger charge is -2.31. The van der Waals surface area contributed by atoms with Gasteiger partial charge in [-0.1, -0.05) is 6.07 Å². The molecule has 3 aromatic rings. The van der Waals surface area contributed by atoms with Gasteiger partial charge in [-0.2, -0.15) is 0 Å². The highest BCUT2D eigenvalue weighted by molar-refractivity contribution is 5.93. The highest BCUT2D eigenvalue weighted by atomic mass is 16.2. The van der Waals surface area contributed by atoms with Crippen LogP contribution in [0.15, 0.2) is 36.9 Å². The van der Waals surface area contributed by atoms with Crippen LogP contribution in [0.1, 0.15) is 40.5 Å². The van der Waals surface area contributed by atoms with E-state index in [2.05, 4.69) is 34.0 Å². The molecule has 6 nitrogen and oxygen atoms in total. The smallest absolute Gasteiger partial charge is 0.257 e. The molecule has 2 aromatic heterocycles. The van der Waals surface area contributed by atoms with Crippen molar-refractivity contribution in [1.82, 2.24) is 24.8 Å². The number of H-pyrrole nitrogens is 1. The molecule has 1 atom stereocenters. The number of carbonyl (C=O) groups excluding carboxylic acids is 1. The standard InChI is InChI=1S/C18H19N5O/c1-12-4-5-15-16(7-12)22-17(21-15)13-3-2-6-23(10-13)18(24)14-8-19-11-20-9-14/h4-5,7-9,11,13H,2-3,6,10H2,1H3,(H,21,22). The Labute approximate surface area is 140 Å². The van der Waals surface area contributed by atoms with Gasteiger partial charge in [0.1, 0.15) is 12.2 Å². The first-order valence-corrected chi connectivity index (χ1v) is 8.21. The number of fused-ring (bicyclic) bond motifs is 1. The van der Waals surface area contributed by atoms with Crippen molar-refractivity contribution >= 4 is 16.9 Å². The lowest BCUT2D eigenvalue weighted by molar-refractivity contribution is 0.0704. The molecule has 24 heavy (non-hydrogen) atoms. The van der Waals surface area contributed by atoms with Crippen molar-refractivity contribution in [3.05, 3.63) is 53.9 Å². The summed E-state index contributed by atoms with van der Waals surface area (Å²) in [5.41, 5.74) is 3.79. The van der Waals surface area contributed by atoms with E-state index in [1.54, 1.807) is 12.4 Å². The summed E-state index contributed by atoms with van der Waals surface area (Å²) >= 11 is 0. The molecule has 4 rings (SSSR count). The number of hydrogen-bond donors (Lipinski definition) is 1.